The molecule has 1 fully saturated rings. The van der Waals surface area contributed by atoms with E-state index in [0.717, 1.165) is 10.2 Å². The van der Waals surface area contributed by atoms with Gasteiger partial charge in [-0.3, -0.25) is 14.5 Å². The van der Waals surface area contributed by atoms with Crippen LogP contribution in [0.3, 0.4) is 0 Å². The number of carbonyl (C=O) groups excluding carboxylic acids is 2. The van der Waals surface area contributed by atoms with Crippen molar-refractivity contribution in [2.75, 3.05) is 49.1 Å². The Morgan fingerprint density at radius 3 is 1.95 bits per heavy atom. The average molecular weight is 654 g/mol. The number of nitrogens with zero attached hydrogens (tertiary/aromatic N) is 4. The maximum absolute atomic E-state index is 13.7. The Morgan fingerprint density at radius 2 is 1.36 bits per heavy atom. The molecule has 5 rings (SSSR count). The molecular formula is C32H30Cl2N4O5S. The summed E-state index contributed by atoms with van der Waals surface area (Å²) in [7, 11) is -2.47. The minimum absolute atomic E-state index is 0.0274. The van der Waals surface area contributed by atoms with Crippen molar-refractivity contribution in [1.82, 2.24) is 9.80 Å². The van der Waals surface area contributed by atoms with Crippen molar-refractivity contribution in [3.8, 4) is 5.75 Å². The summed E-state index contributed by atoms with van der Waals surface area (Å²) in [4.78, 5) is 37.1. The quantitative estimate of drug-likeness (QED) is 0.219. The number of likely N-dealkylation sites (N-methyl/N-ethyl adjacent to an activating group) is 1. The van der Waals surface area contributed by atoms with Crippen molar-refractivity contribution in [3.63, 3.8) is 0 Å². The fourth-order valence-corrected chi connectivity index (χ4v) is 6.21. The Bertz CT molecular complexity index is 1720. The second-order valence-corrected chi connectivity index (χ2v) is 12.7. The molecule has 0 N–H and O–H groups in total. The van der Waals surface area contributed by atoms with Crippen LogP contribution in [0.1, 0.15) is 10.4 Å². The van der Waals surface area contributed by atoms with E-state index in [-0.39, 0.29) is 39.7 Å². The predicted octanol–water partition coefficient (Wildman–Crippen LogP) is 5.60. The van der Waals surface area contributed by atoms with E-state index in [1.165, 1.54) is 42.5 Å². The molecular weight excluding hydrogens is 623 g/mol. The lowest BCUT2D eigenvalue weighted by Gasteiger charge is -2.35. The molecule has 12 heteroatoms. The van der Waals surface area contributed by atoms with Crippen LogP contribution in [0.2, 0.25) is 10.0 Å². The smallest absolute Gasteiger partial charge is 0.295 e. The first-order valence-corrected chi connectivity index (χ1v) is 16.0. The summed E-state index contributed by atoms with van der Waals surface area (Å²) in [5.41, 5.74) is 1.45. The molecule has 228 valence electrons. The van der Waals surface area contributed by atoms with Gasteiger partial charge >= 0.3 is 0 Å². The summed E-state index contributed by atoms with van der Waals surface area (Å²) in [5.74, 6) is -0.0695. The SMILES string of the molecule is CN(C(=O)CN1CCN(C(=O)c2ccc(S(=O)(=O)N(Oc3ccc(Cl)c(Cl)c3)c3ccccc3)cc2)CC1)c1ccccc1. The summed E-state index contributed by atoms with van der Waals surface area (Å²) in [6.45, 7) is 2.23. The molecule has 0 radical (unpaired) electrons. The molecule has 1 saturated heterocycles. The molecule has 0 aliphatic carbocycles. The van der Waals surface area contributed by atoms with E-state index < -0.39 is 10.0 Å². The number of halogens is 2. The Balaban J connectivity index is 1.24. The maximum Gasteiger partial charge on any atom is 0.295 e. The number of benzene rings is 4. The molecule has 0 saturated carbocycles. The van der Waals surface area contributed by atoms with Crippen LogP contribution in [0.5, 0.6) is 5.75 Å². The summed E-state index contributed by atoms with van der Waals surface area (Å²) in [6, 6.07) is 28.0. The number of hydrogen-bond donors (Lipinski definition) is 0. The Morgan fingerprint density at radius 1 is 0.773 bits per heavy atom. The molecule has 1 aliphatic rings. The second kappa shape index (κ2) is 13.7. The van der Waals surface area contributed by atoms with Gasteiger partial charge in [0.15, 0.2) is 5.75 Å². The molecule has 0 spiro atoms. The highest BCUT2D eigenvalue weighted by atomic mass is 35.5. The van der Waals surface area contributed by atoms with Crippen LogP contribution >= 0.6 is 23.2 Å². The van der Waals surface area contributed by atoms with Gasteiger partial charge in [-0.1, -0.05) is 64.1 Å². The van der Waals surface area contributed by atoms with Crippen LogP contribution in [0.15, 0.2) is 108 Å². The van der Waals surface area contributed by atoms with Crippen LogP contribution in [0, 0.1) is 0 Å². The third-order valence-corrected chi connectivity index (χ3v) is 9.53. The van der Waals surface area contributed by atoms with Gasteiger partial charge in [0, 0.05) is 50.5 Å². The standard InChI is InChI=1S/C32H30Cl2N4O5S/c1-35(25-8-4-2-5-9-25)31(39)23-36-18-20-37(21-19-36)32(40)24-12-15-28(16-13-24)44(41,42)38(26-10-6-3-7-11-26)43-27-14-17-29(33)30(34)22-27/h2-17,22H,18-21,23H2,1H3. The minimum Gasteiger partial charge on any atom is -0.364 e. The monoisotopic (exact) mass is 652 g/mol. The van der Waals surface area contributed by atoms with Gasteiger partial charge in [0.25, 0.3) is 15.9 Å². The Hall–Kier alpha value is -4.09. The van der Waals surface area contributed by atoms with Crippen molar-refractivity contribution in [3.05, 3.63) is 119 Å². The molecule has 0 bridgehead atoms. The predicted molar refractivity (Wildman–Crippen MR) is 172 cm³/mol. The third kappa shape index (κ3) is 7.16. The topological polar surface area (TPSA) is 90.5 Å². The molecule has 9 nitrogen and oxygen atoms in total. The molecule has 0 unspecified atom stereocenters. The van der Waals surface area contributed by atoms with Crippen LogP contribution in [-0.4, -0.2) is 69.8 Å². The molecule has 44 heavy (non-hydrogen) atoms. The first-order chi connectivity index (χ1) is 21.1. The maximum atomic E-state index is 13.7. The van der Waals surface area contributed by atoms with Gasteiger partial charge in [-0.25, -0.2) is 0 Å². The van der Waals surface area contributed by atoms with E-state index in [4.69, 9.17) is 28.0 Å². The fourth-order valence-electron chi connectivity index (χ4n) is 4.67. The number of amides is 2. The van der Waals surface area contributed by atoms with Crippen molar-refractivity contribution >= 4 is 56.4 Å². The second-order valence-electron chi connectivity index (χ2n) is 10.1. The van der Waals surface area contributed by atoms with E-state index in [0.29, 0.717) is 36.8 Å². The molecule has 0 atom stereocenters. The number of para-hydroxylation sites is 2. The Labute approximate surface area is 266 Å². The third-order valence-electron chi connectivity index (χ3n) is 7.20. The number of carbonyl (C=O) groups is 2. The number of sulfonamides is 1. The lowest BCUT2D eigenvalue weighted by molar-refractivity contribution is -0.119. The zero-order chi connectivity index (χ0) is 31.3. The van der Waals surface area contributed by atoms with Crippen molar-refractivity contribution < 1.29 is 22.8 Å². The summed E-state index contributed by atoms with van der Waals surface area (Å²) in [6.07, 6.45) is 0. The van der Waals surface area contributed by atoms with Gasteiger partial charge in [-0.2, -0.15) is 8.42 Å². The highest BCUT2D eigenvalue weighted by molar-refractivity contribution is 7.92. The number of anilines is 2. The highest BCUT2D eigenvalue weighted by Crippen LogP contribution is 2.30. The van der Waals surface area contributed by atoms with Crippen LogP contribution in [0.4, 0.5) is 11.4 Å². The summed E-state index contributed by atoms with van der Waals surface area (Å²) >= 11 is 12.1. The van der Waals surface area contributed by atoms with E-state index >= 15 is 0 Å². The van der Waals surface area contributed by atoms with E-state index in [9.17, 15) is 18.0 Å². The molecule has 4 aromatic rings. The first-order valence-electron chi connectivity index (χ1n) is 13.8. The van der Waals surface area contributed by atoms with Crippen molar-refractivity contribution in [2.24, 2.45) is 0 Å². The van der Waals surface area contributed by atoms with Gasteiger partial charge in [-0.05, 0) is 60.7 Å². The largest absolute Gasteiger partial charge is 0.364 e. The number of piperazine rings is 1. The van der Waals surface area contributed by atoms with Crippen LogP contribution in [-0.2, 0) is 14.8 Å². The Kier molecular flexibility index (Phi) is 9.75. The van der Waals surface area contributed by atoms with Crippen LogP contribution < -0.4 is 14.2 Å². The molecule has 1 heterocycles. The molecule has 4 aromatic carbocycles. The van der Waals surface area contributed by atoms with Gasteiger partial charge in [-0.15, -0.1) is 0 Å². The minimum atomic E-state index is -4.22. The lowest BCUT2D eigenvalue weighted by atomic mass is 10.2. The average Bonchev–Trinajstić information content (AvgIpc) is 3.05. The highest BCUT2D eigenvalue weighted by Gasteiger charge is 2.29. The van der Waals surface area contributed by atoms with Gasteiger partial charge < -0.3 is 14.6 Å². The van der Waals surface area contributed by atoms with Gasteiger partial charge in [0.2, 0.25) is 5.91 Å². The fraction of sp³-hybridized carbons (Fsp3) is 0.188. The molecule has 1 aliphatic heterocycles. The molecule has 2 amide bonds. The number of hydrogen-bond acceptors (Lipinski definition) is 6. The number of rotatable bonds is 9. The van der Waals surface area contributed by atoms with Crippen molar-refractivity contribution in [2.45, 2.75) is 4.90 Å². The van der Waals surface area contributed by atoms with Gasteiger partial charge in [0.1, 0.15) is 0 Å². The molecule has 0 aromatic heterocycles. The van der Waals surface area contributed by atoms with Gasteiger partial charge in [0.05, 0.1) is 27.2 Å². The lowest BCUT2D eigenvalue weighted by Crippen LogP contribution is -2.51. The zero-order valence-electron chi connectivity index (χ0n) is 23.8. The summed E-state index contributed by atoms with van der Waals surface area (Å²) in [5, 5.41) is 0.517. The zero-order valence-corrected chi connectivity index (χ0v) is 26.2. The normalized spacial score (nSPS) is 13.8. The first kappa shape index (κ1) is 31.3. The van der Waals surface area contributed by atoms with E-state index in [1.807, 2.05) is 35.2 Å². The van der Waals surface area contributed by atoms with Crippen molar-refractivity contribution in [1.29, 1.82) is 0 Å². The van der Waals surface area contributed by atoms with Crippen LogP contribution in [0.25, 0.3) is 0 Å². The van der Waals surface area contributed by atoms with E-state index in [2.05, 4.69) is 0 Å². The van der Waals surface area contributed by atoms with E-state index in [1.54, 1.807) is 47.2 Å². The summed E-state index contributed by atoms with van der Waals surface area (Å²) < 4.78 is 28.3.